The summed E-state index contributed by atoms with van der Waals surface area (Å²) in [5.41, 5.74) is 1.34. The normalized spacial score (nSPS) is 15.0. The van der Waals surface area contributed by atoms with Gasteiger partial charge in [-0.3, -0.25) is 4.90 Å². The van der Waals surface area contributed by atoms with E-state index >= 15 is 0 Å². The predicted octanol–water partition coefficient (Wildman–Crippen LogP) is 7.11. The Labute approximate surface area is 210 Å². The average Bonchev–Trinajstić information content (AvgIpc) is 2.77. The summed E-state index contributed by atoms with van der Waals surface area (Å²) >= 11 is 0. The first-order chi connectivity index (χ1) is 15.0. The molecule has 6 heteroatoms. The van der Waals surface area contributed by atoms with Gasteiger partial charge in [-0.25, -0.2) is 0 Å². The molecule has 4 nitrogen and oxygen atoms in total. The summed E-state index contributed by atoms with van der Waals surface area (Å²) in [5.74, 6) is 3.04. The summed E-state index contributed by atoms with van der Waals surface area (Å²) in [7, 11) is 0. The summed E-state index contributed by atoms with van der Waals surface area (Å²) in [6, 6.07) is 26.4. The number of benzene rings is 3. The van der Waals surface area contributed by atoms with Gasteiger partial charge in [0.25, 0.3) is 0 Å². The van der Waals surface area contributed by atoms with E-state index in [4.69, 9.17) is 9.47 Å². The van der Waals surface area contributed by atoms with Gasteiger partial charge in [0.2, 0.25) is 0 Å². The maximum Gasteiger partial charge on any atom is 0.170 e. The molecule has 0 radical (unpaired) electrons. The molecule has 1 saturated heterocycles. The second-order valence-electron chi connectivity index (χ2n) is 9.09. The fourth-order valence-corrected chi connectivity index (χ4v) is 4.29. The minimum Gasteiger partial charge on any atom is -0.453 e. The maximum absolute atomic E-state index is 6.32. The topological polar surface area (TPSA) is 33.7 Å². The van der Waals surface area contributed by atoms with Gasteiger partial charge in [0.05, 0.1) is 0 Å². The molecule has 0 spiro atoms. The highest BCUT2D eigenvalue weighted by molar-refractivity contribution is 5.85. The number of rotatable bonds is 6. The molecular weight excluding hydrogens is 455 g/mol. The Kier molecular flexibility index (Phi) is 10.1. The highest BCUT2D eigenvalue weighted by Crippen LogP contribution is 2.43. The van der Waals surface area contributed by atoms with Gasteiger partial charge in [-0.15, -0.1) is 24.8 Å². The van der Waals surface area contributed by atoms with E-state index in [0.717, 1.165) is 43.4 Å². The smallest absolute Gasteiger partial charge is 0.170 e. The summed E-state index contributed by atoms with van der Waals surface area (Å²) in [5, 5.41) is 3.47. The van der Waals surface area contributed by atoms with Crippen LogP contribution < -0.4 is 14.8 Å². The van der Waals surface area contributed by atoms with E-state index in [-0.39, 0.29) is 30.2 Å². The Morgan fingerprint density at radius 1 is 0.727 bits per heavy atom. The fourth-order valence-electron chi connectivity index (χ4n) is 4.29. The minimum absolute atomic E-state index is 0. The lowest BCUT2D eigenvalue weighted by atomic mass is 9.81. The number of hydrogen-bond donors (Lipinski definition) is 1. The predicted molar refractivity (Wildman–Crippen MR) is 141 cm³/mol. The van der Waals surface area contributed by atoms with Gasteiger partial charge >= 0.3 is 0 Å². The van der Waals surface area contributed by atoms with Crippen LogP contribution in [0, 0.1) is 5.41 Å². The van der Waals surface area contributed by atoms with Crippen LogP contribution in [0.1, 0.15) is 32.4 Å². The van der Waals surface area contributed by atoms with Crippen LogP contribution in [0.15, 0.2) is 78.9 Å². The number of hydrogen-bond acceptors (Lipinski definition) is 4. The minimum atomic E-state index is 0. The molecule has 0 aliphatic carbocycles. The molecule has 0 aromatic heterocycles. The zero-order valence-electron chi connectivity index (χ0n) is 19.5. The largest absolute Gasteiger partial charge is 0.453 e. The molecule has 0 amide bonds. The number of para-hydroxylation sites is 2. The van der Waals surface area contributed by atoms with Crippen LogP contribution >= 0.6 is 24.8 Å². The van der Waals surface area contributed by atoms with Gasteiger partial charge in [-0.05, 0) is 47.4 Å². The molecule has 178 valence electrons. The second-order valence-corrected chi connectivity index (χ2v) is 9.09. The Hall–Kier alpha value is -2.24. The third-order valence-electron chi connectivity index (χ3n) is 5.56. The van der Waals surface area contributed by atoms with Crippen molar-refractivity contribution in [2.24, 2.45) is 5.41 Å². The van der Waals surface area contributed by atoms with Crippen LogP contribution in [0.25, 0.3) is 0 Å². The van der Waals surface area contributed by atoms with Gasteiger partial charge < -0.3 is 14.8 Å². The van der Waals surface area contributed by atoms with Gasteiger partial charge in [0, 0.05) is 32.2 Å². The van der Waals surface area contributed by atoms with Gasteiger partial charge in [-0.1, -0.05) is 63.2 Å². The van der Waals surface area contributed by atoms with Gasteiger partial charge in [-0.2, -0.15) is 0 Å². The van der Waals surface area contributed by atoms with E-state index < -0.39 is 0 Å². The third-order valence-corrected chi connectivity index (χ3v) is 5.56. The van der Waals surface area contributed by atoms with Crippen molar-refractivity contribution in [3.8, 4) is 23.0 Å². The first-order valence-electron chi connectivity index (χ1n) is 11.1. The zero-order valence-corrected chi connectivity index (χ0v) is 21.1. The number of ether oxygens (including phenoxy) is 2. The molecule has 1 N–H and O–H groups in total. The lowest BCUT2D eigenvalue weighted by Crippen LogP contribution is -2.48. The van der Waals surface area contributed by atoms with E-state index in [0.29, 0.717) is 11.8 Å². The molecular formula is C27H34Cl2N2O2. The first kappa shape index (κ1) is 27.0. The molecule has 1 aliphatic heterocycles. The van der Waals surface area contributed by atoms with Crippen molar-refractivity contribution in [1.82, 2.24) is 10.2 Å². The van der Waals surface area contributed by atoms with E-state index in [1.807, 2.05) is 66.7 Å². The van der Waals surface area contributed by atoms with E-state index in [1.54, 1.807) is 0 Å². The molecule has 4 rings (SSSR count). The van der Waals surface area contributed by atoms with Crippen LogP contribution in [-0.4, -0.2) is 31.1 Å². The van der Waals surface area contributed by atoms with Crippen LogP contribution in [0.3, 0.4) is 0 Å². The molecule has 3 aromatic rings. The molecule has 33 heavy (non-hydrogen) atoms. The molecule has 0 bridgehead atoms. The van der Waals surface area contributed by atoms with Crippen LogP contribution in [0.5, 0.6) is 23.0 Å². The zero-order chi connectivity index (χ0) is 21.7. The molecule has 1 fully saturated rings. The van der Waals surface area contributed by atoms with Crippen molar-refractivity contribution in [2.75, 3.05) is 26.2 Å². The monoisotopic (exact) mass is 488 g/mol. The molecule has 0 unspecified atom stereocenters. The fraction of sp³-hybridized carbons (Fsp3) is 0.333. The lowest BCUT2D eigenvalue weighted by molar-refractivity contribution is 0.0860. The lowest BCUT2D eigenvalue weighted by Gasteiger charge is -2.42. The third kappa shape index (κ3) is 7.12. The maximum atomic E-state index is 6.32. The summed E-state index contributed by atoms with van der Waals surface area (Å²) in [6.07, 6.45) is 0. The van der Waals surface area contributed by atoms with Gasteiger partial charge in [0.1, 0.15) is 11.5 Å². The van der Waals surface area contributed by atoms with E-state index in [1.165, 1.54) is 5.56 Å². The summed E-state index contributed by atoms with van der Waals surface area (Å²) in [4.78, 5) is 2.58. The summed E-state index contributed by atoms with van der Waals surface area (Å²) < 4.78 is 12.5. The molecule has 1 aliphatic rings. The van der Waals surface area contributed by atoms with Crippen molar-refractivity contribution in [2.45, 2.75) is 26.8 Å². The molecule has 1 atom stereocenters. The highest BCUT2D eigenvalue weighted by Gasteiger charge is 2.33. The summed E-state index contributed by atoms with van der Waals surface area (Å²) in [6.45, 7) is 11.1. The SMILES string of the molecule is CC(C)(C)[C@H](c1ccc(Oc2ccccc2)c(Oc2ccccc2)c1)N1CCNCC1.Cl.Cl. The molecule has 0 saturated carbocycles. The van der Waals surface area contributed by atoms with Crippen molar-refractivity contribution in [3.05, 3.63) is 84.4 Å². The quantitative estimate of drug-likeness (QED) is 0.400. The first-order valence-corrected chi connectivity index (χ1v) is 11.1. The highest BCUT2D eigenvalue weighted by atomic mass is 35.5. The Balaban J connectivity index is 0.00000193. The number of nitrogens with zero attached hydrogens (tertiary/aromatic N) is 1. The van der Waals surface area contributed by atoms with Crippen molar-refractivity contribution < 1.29 is 9.47 Å². The van der Waals surface area contributed by atoms with Crippen LogP contribution in [-0.2, 0) is 0 Å². The van der Waals surface area contributed by atoms with E-state index in [9.17, 15) is 0 Å². The molecule has 3 aromatic carbocycles. The second kappa shape index (κ2) is 12.3. The average molecular weight is 489 g/mol. The van der Waals surface area contributed by atoms with E-state index in [2.05, 4.69) is 43.1 Å². The van der Waals surface area contributed by atoms with Crippen LogP contribution in [0.2, 0.25) is 0 Å². The number of piperazine rings is 1. The van der Waals surface area contributed by atoms with Crippen molar-refractivity contribution >= 4 is 24.8 Å². The number of halogens is 2. The Bertz CT molecular complexity index is 972. The van der Waals surface area contributed by atoms with Gasteiger partial charge in [0.15, 0.2) is 11.5 Å². The Morgan fingerprint density at radius 2 is 1.24 bits per heavy atom. The standard InChI is InChI=1S/C27H32N2O2.2ClH/c1-27(2,3)26(29-18-16-28-17-19-29)21-14-15-24(30-22-10-6-4-7-11-22)25(20-21)31-23-12-8-5-9-13-23;;/h4-15,20,26,28H,16-19H2,1-3H3;2*1H/t26-;;/m0../s1. The Morgan fingerprint density at radius 3 is 1.76 bits per heavy atom. The van der Waals surface area contributed by atoms with Crippen molar-refractivity contribution in [3.63, 3.8) is 0 Å². The van der Waals surface area contributed by atoms with Crippen LogP contribution in [0.4, 0.5) is 0 Å². The van der Waals surface area contributed by atoms with Crippen molar-refractivity contribution in [1.29, 1.82) is 0 Å². The number of nitrogens with one attached hydrogen (secondary N) is 1. The molecule has 1 heterocycles.